The van der Waals surface area contributed by atoms with Crippen molar-refractivity contribution in [2.75, 3.05) is 31.0 Å². The number of ether oxygens (including phenoxy) is 3. The average molecular weight is 397 g/mol. The molecule has 0 saturated heterocycles. The van der Waals surface area contributed by atoms with E-state index in [-0.39, 0.29) is 12.1 Å². The summed E-state index contributed by atoms with van der Waals surface area (Å²) in [6.07, 6.45) is 0.00185. The second-order valence-corrected chi connectivity index (χ2v) is 6.94. The Morgan fingerprint density at radius 3 is 2.41 bits per heavy atom. The molecule has 0 fully saturated rings. The van der Waals surface area contributed by atoms with Gasteiger partial charge in [0.25, 0.3) is 0 Å². The molecule has 1 heterocycles. The second kappa shape index (κ2) is 8.30. The molecular weight excluding hydrogens is 370 g/mol. The van der Waals surface area contributed by atoms with Crippen LogP contribution < -0.4 is 31.0 Å². The maximum Gasteiger partial charge on any atom is 0.222 e. The third-order valence-electron chi connectivity index (χ3n) is 4.57. The highest BCUT2D eigenvalue weighted by Gasteiger charge is 2.16. The van der Waals surface area contributed by atoms with Crippen molar-refractivity contribution in [3.05, 3.63) is 35.4 Å². The van der Waals surface area contributed by atoms with Crippen molar-refractivity contribution >= 4 is 28.4 Å². The molecule has 2 aromatic carbocycles. The third-order valence-corrected chi connectivity index (χ3v) is 4.57. The first kappa shape index (κ1) is 20.3. The molecule has 1 aromatic heterocycles. The summed E-state index contributed by atoms with van der Waals surface area (Å²) in [5, 5.41) is 4.23. The van der Waals surface area contributed by atoms with Crippen LogP contribution in [0.15, 0.2) is 24.3 Å². The first-order valence-electron chi connectivity index (χ1n) is 9.31. The summed E-state index contributed by atoms with van der Waals surface area (Å²) in [6.45, 7) is 6.49. The minimum absolute atomic E-state index is 0.00185. The van der Waals surface area contributed by atoms with Gasteiger partial charge in [-0.25, -0.2) is 4.98 Å². The van der Waals surface area contributed by atoms with Gasteiger partial charge in [-0.2, -0.15) is 4.98 Å². The normalized spacial score (nSPS) is 11.0. The van der Waals surface area contributed by atoms with E-state index in [1.54, 1.807) is 14.2 Å². The highest BCUT2D eigenvalue weighted by molar-refractivity contribution is 5.92. The number of aryl methyl sites for hydroxylation is 1. The third kappa shape index (κ3) is 4.21. The van der Waals surface area contributed by atoms with E-state index >= 15 is 0 Å². The molecule has 0 saturated carbocycles. The highest BCUT2D eigenvalue weighted by atomic mass is 16.5. The lowest BCUT2D eigenvalue weighted by Crippen LogP contribution is -2.09. The number of methoxy groups -OCH3 is 2. The van der Waals surface area contributed by atoms with Gasteiger partial charge in [0.2, 0.25) is 11.7 Å². The fourth-order valence-corrected chi connectivity index (χ4v) is 3.25. The molecule has 8 heteroatoms. The number of anilines is 3. The van der Waals surface area contributed by atoms with E-state index in [0.717, 1.165) is 27.7 Å². The van der Waals surface area contributed by atoms with Crippen LogP contribution in [0.4, 0.5) is 17.5 Å². The number of nitrogen functional groups attached to an aromatic ring is 2. The zero-order chi connectivity index (χ0) is 21.1. The number of benzene rings is 2. The number of hydrogen-bond acceptors (Lipinski definition) is 8. The van der Waals surface area contributed by atoms with E-state index in [2.05, 4.69) is 15.3 Å². The highest BCUT2D eigenvalue weighted by Crippen LogP contribution is 2.41. The van der Waals surface area contributed by atoms with Crippen LogP contribution in [0.5, 0.6) is 17.2 Å². The average Bonchev–Trinajstić information content (AvgIpc) is 2.66. The Bertz CT molecular complexity index is 1040. The van der Waals surface area contributed by atoms with E-state index in [9.17, 15) is 0 Å². The Balaban J connectivity index is 1.92. The predicted molar refractivity (Wildman–Crippen MR) is 116 cm³/mol. The predicted octanol–water partition coefficient (Wildman–Crippen LogP) is 3.52. The number of fused-ring (bicyclic) bond motifs is 1. The maximum absolute atomic E-state index is 6.07. The van der Waals surface area contributed by atoms with Gasteiger partial charge >= 0.3 is 0 Å². The van der Waals surface area contributed by atoms with Crippen LogP contribution in [-0.2, 0) is 6.54 Å². The van der Waals surface area contributed by atoms with Crippen LogP contribution in [0.3, 0.4) is 0 Å². The number of nitrogens with two attached hydrogens (primary N) is 2. The molecule has 0 bridgehead atoms. The number of aromatic nitrogens is 2. The smallest absolute Gasteiger partial charge is 0.222 e. The first-order chi connectivity index (χ1) is 13.8. The summed E-state index contributed by atoms with van der Waals surface area (Å²) in [5.74, 6) is 2.33. The number of nitrogens with one attached hydrogen (secondary N) is 1. The molecule has 154 valence electrons. The number of hydrogen-bond donors (Lipinski definition) is 3. The largest absolute Gasteiger partial charge is 0.493 e. The molecule has 0 atom stereocenters. The molecule has 0 aliphatic carbocycles. The van der Waals surface area contributed by atoms with Crippen LogP contribution >= 0.6 is 0 Å². The van der Waals surface area contributed by atoms with Crippen molar-refractivity contribution in [3.8, 4) is 17.2 Å². The molecule has 5 N–H and O–H groups in total. The molecule has 0 amide bonds. The summed E-state index contributed by atoms with van der Waals surface area (Å²) >= 11 is 0. The molecule has 0 aliphatic heterocycles. The summed E-state index contributed by atoms with van der Waals surface area (Å²) < 4.78 is 16.8. The monoisotopic (exact) mass is 397 g/mol. The van der Waals surface area contributed by atoms with Gasteiger partial charge in [0.05, 0.1) is 25.8 Å². The van der Waals surface area contributed by atoms with E-state index in [4.69, 9.17) is 25.7 Å². The van der Waals surface area contributed by atoms with Crippen molar-refractivity contribution < 1.29 is 14.2 Å². The zero-order valence-corrected chi connectivity index (χ0v) is 17.4. The lowest BCUT2D eigenvalue weighted by molar-refractivity contribution is 0.226. The van der Waals surface area contributed by atoms with Gasteiger partial charge in [-0.3, -0.25) is 0 Å². The van der Waals surface area contributed by atoms with Gasteiger partial charge in [-0.15, -0.1) is 0 Å². The molecule has 3 aromatic rings. The molecule has 3 rings (SSSR count). The summed E-state index contributed by atoms with van der Waals surface area (Å²) in [4.78, 5) is 8.34. The fraction of sp³-hybridized carbons (Fsp3) is 0.333. The molecule has 8 nitrogen and oxygen atoms in total. The molecule has 29 heavy (non-hydrogen) atoms. The Morgan fingerprint density at radius 2 is 1.76 bits per heavy atom. The number of nitrogens with zero attached hydrogens (tertiary/aromatic N) is 2. The number of rotatable bonds is 7. The Labute approximate surface area is 170 Å². The van der Waals surface area contributed by atoms with Gasteiger partial charge in [0.15, 0.2) is 11.5 Å². The Morgan fingerprint density at radius 1 is 1.03 bits per heavy atom. The van der Waals surface area contributed by atoms with E-state index in [1.807, 2.05) is 45.0 Å². The summed E-state index contributed by atoms with van der Waals surface area (Å²) in [7, 11) is 3.19. The first-order valence-corrected chi connectivity index (χ1v) is 9.31. The van der Waals surface area contributed by atoms with Crippen LogP contribution in [0.2, 0.25) is 0 Å². The van der Waals surface area contributed by atoms with E-state index in [0.29, 0.717) is 29.6 Å². The molecule has 0 aliphatic rings. The standard InChI is InChI=1S/C21H27N5O3/c1-11(2)29-17-9-14(8-16(27-4)19(17)28-5)24-10-13-6-7-15-18(12(13)3)20(22)26-21(23)25-15/h6-9,11,24H,10H2,1-5H3,(H4,22,23,25,26). The molecule has 0 spiro atoms. The van der Waals surface area contributed by atoms with Crippen LogP contribution in [0.25, 0.3) is 10.9 Å². The van der Waals surface area contributed by atoms with E-state index in [1.165, 1.54) is 0 Å². The lowest BCUT2D eigenvalue weighted by atomic mass is 10.0. The minimum Gasteiger partial charge on any atom is -0.493 e. The van der Waals surface area contributed by atoms with Crippen molar-refractivity contribution in [3.63, 3.8) is 0 Å². The zero-order valence-electron chi connectivity index (χ0n) is 17.4. The Hall–Kier alpha value is -3.42. The maximum atomic E-state index is 6.07. The molecule has 0 unspecified atom stereocenters. The van der Waals surface area contributed by atoms with Gasteiger partial charge in [-0.1, -0.05) is 6.07 Å². The quantitative estimate of drug-likeness (QED) is 0.554. The van der Waals surface area contributed by atoms with Gasteiger partial charge < -0.3 is 31.0 Å². The fourth-order valence-electron chi connectivity index (χ4n) is 3.25. The summed E-state index contributed by atoms with van der Waals surface area (Å²) in [5.41, 5.74) is 15.4. The van der Waals surface area contributed by atoms with Crippen LogP contribution in [-0.4, -0.2) is 30.3 Å². The summed E-state index contributed by atoms with van der Waals surface area (Å²) in [6, 6.07) is 7.68. The van der Waals surface area contributed by atoms with Gasteiger partial charge in [0.1, 0.15) is 5.82 Å². The lowest BCUT2D eigenvalue weighted by Gasteiger charge is -2.18. The topological polar surface area (TPSA) is 118 Å². The van der Waals surface area contributed by atoms with Gasteiger partial charge in [0, 0.05) is 29.8 Å². The Kier molecular flexibility index (Phi) is 5.81. The van der Waals surface area contributed by atoms with Crippen molar-refractivity contribution in [1.29, 1.82) is 0 Å². The van der Waals surface area contributed by atoms with Gasteiger partial charge in [-0.05, 0) is 38.0 Å². The van der Waals surface area contributed by atoms with Crippen molar-refractivity contribution in [2.45, 2.75) is 33.4 Å². The van der Waals surface area contributed by atoms with Crippen molar-refractivity contribution in [2.24, 2.45) is 0 Å². The second-order valence-electron chi connectivity index (χ2n) is 6.94. The van der Waals surface area contributed by atoms with Crippen LogP contribution in [0, 0.1) is 6.92 Å². The van der Waals surface area contributed by atoms with E-state index < -0.39 is 0 Å². The molecular formula is C21H27N5O3. The van der Waals surface area contributed by atoms with Crippen molar-refractivity contribution in [1.82, 2.24) is 9.97 Å². The minimum atomic E-state index is 0.00185. The molecule has 0 radical (unpaired) electrons. The van der Waals surface area contributed by atoms with Crippen LogP contribution in [0.1, 0.15) is 25.0 Å². The SMILES string of the molecule is COc1cc(NCc2ccc3nc(N)nc(N)c3c2C)cc(OC(C)C)c1OC.